The number of thioether (sulfide) groups is 1. The number of halogens is 1. The van der Waals surface area contributed by atoms with Gasteiger partial charge in [-0.3, -0.25) is 14.2 Å². The first kappa shape index (κ1) is 30.8. The second kappa shape index (κ2) is 13.4. The van der Waals surface area contributed by atoms with Crippen molar-refractivity contribution in [2.24, 2.45) is 0 Å². The molecule has 1 fully saturated rings. The minimum Gasteiger partial charge on any atom is -0.379 e. The van der Waals surface area contributed by atoms with E-state index in [1.807, 2.05) is 24.3 Å². The standard InChI is InChI=1S/C29H26FN7O5S3/c30-20-7-9-21(10-8-20)37-25(34-35-29(37)43-18-26(38)33-28-32-23-3-1-2-4-24(23)44-28)17-31-27(39)19-5-11-22(12-6-19)45(40,41)36-13-15-42-16-14-36/h1-12H,13-18H2,(H,31,39)(H,32,33,38). The highest BCUT2D eigenvalue weighted by Gasteiger charge is 2.26. The van der Waals surface area contributed by atoms with E-state index in [0.29, 0.717) is 35.0 Å². The largest absolute Gasteiger partial charge is 0.379 e. The molecule has 2 N–H and O–H groups in total. The number of hydrogen-bond donors (Lipinski definition) is 2. The molecule has 12 nitrogen and oxygen atoms in total. The van der Waals surface area contributed by atoms with Crippen LogP contribution in [0.2, 0.25) is 0 Å². The Hall–Kier alpha value is -4.22. The van der Waals surface area contributed by atoms with Crippen LogP contribution in [0.1, 0.15) is 16.2 Å². The van der Waals surface area contributed by atoms with Crippen LogP contribution >= 0.6 is 23.1 Å². The number of anilines is 1. The first-order chi connectivity index (χ1) is 21.8. The van der Waals surface area contributed by atoms with Crippen LogP contribution in [-0.4, -0.2) is 76.3 Å². The van der Waals surface area contributed by atoms with Crippen LogP contribution in [0.5, 0.6) is 0 Å². The number of para-hydroxylation sites is 1. The molecule has 2 amide bonds. The molecule has 3 aromatic carbocycles. The summed E-state index contributed by atoms with van der Waals surface area (Å²) < 4.78 is 48.7. The number of carbonyl (C=O) groups excluding carboxylic acids is 2. The summed E-state index contributed by atoms with van der Waals surface area (Å²) in [7, 11) is -3.69. The maximum absolute atomic E-state index is 13.7. The van der Waals surface area contributed by atoms with Crippen LogP contribution in [0.3, 0.4) is 0 Å². The summed E-state index contributed by atoms with van der Waals surface area (Å²) in [6, 6.07) is 18.9. The average Bonchev–Trinajstić information content (AvgIpc) is 3.66. The van der Waals surface area contributed by atoms with Crippen molar-refractivity contribution in [1.82, 2.24) is 29.4 Å². The molecule has 0 aliphatic carbocycles. The number of hydrogen-bond acceptors (Lipinski definition) is 10. The van der Waals surface area contributed by atoms with Gasteiger partial charge in [-0.05, 0) is 60.7 Å². The summed E-state index contributed by atoms with van der Waals surface area (Å²) in [5.74, 6) is -0.827. The van der Waals surface area contributed by atoms with Crippen LogP contribution in [0.15, 0.2) is 82.8 Å². The quantitative estimate of drug-likeness (QED) is 0.213. The summed E-state index contributed by atoms with van der Waals surface area (Å²) in [6.45, 7) is 1.16. The molecule has 0 radical (unpaired) electrons. The number of aromatic nitrogens is 4. The van der Waals surface area contributed by atoms with E-state index < -0.39 is 21.7 Å². The van der Waals surface area contributed by atoms with E-state index in [1.54, 1.807) is 16.7 Å². The lowest BCUT2D eigenvalue weighted by atomic mass is 10.2. The van der Waals surface area contributed by atoms with E-state index in [0.717, 1.165) is 22.0 Å². The van der Waals surface area contributed by atoms with E-state index in [2.05, 4.69) is 25.8 Å². The fourth-order valence-electron chi connectivity index (χ4n) is 4.54. The Morgan fingerprint density at radius 1 is 0.978 bits per heavy atom. The van der Waals surface area contributed by atoms with Gasteiger partial charge in [0.1, 0.15) is 5.82 Å². The van der Waals surface area contributed by atoms with Gasteiger partial charge in [0.05, 0.1) is 40.6 Å². The van der Waals surface area contributed by atoms with Gasteiger partial charge in [0.15, 0.2) is 16.1 Å². The predicted molar refractivity (Wildman–Crippen MR) is 167 cm³/mol. The molecule has 16 heteroatoms. The molecule has 3 heterocycles. The highest BCUT2D eigenvalue weighted by Crippen LogP contribution is 2.27. The highest BCUT2D eigenvalue weighted by atomic mass is 32.2. The monoisotopic (exact) mass is 667 g/mol. The van der Waals surface area contributed by atoms with Gasteiger partial charge in [-0.1, -0.05) is 35.2 Å². The lowest BCUT2D eigenvalue weighted by molar-refractivity contribution is -0.113. The lowest BCUT2D eigenvalue weighted by Crippen LogP contribution is -2.40. The lowest BCUT2D eigenvalue weighted by Gasteiger charge is -2.26. The van der Waals surface area contributed by atoms with Gasteiger partial charge >= 0.3 is 0 Å². The summed E-state index contributed by atoms with van der Waals surface area (Å²) >= 11 is 2.50. The van der Waals surface area contributed by atoms with Crippen LogP contribution < -0.4 is 10.6 Å². The molecule has 0 bridgehead atoms. The molecule has 0 spiro atoms. The fourth-order valence-corrected chi connectivity index (χ4v) is 7.61. The number of benzene rings is 3. The first-order valence-electron chi connectivity index (χ1n) is 13.7. The Morgan fingerprint density at radius 2 is 1.71 bits per heavy atom. The maximum Gasteiger partial charge on any atom is 0.251 e. The van der Waals surface area contributed by atoms with E-state index in [1.165, 1.54) is 52.0 Å². The molecule has 2 aromatic heterocycles. The number of morpholine rings is 1. The second-order valence-electron chi connectivity index (χ2n) is 9.76. The SMILES string of the molecule is O=C(CSc1nnc(CNC(=O)c2ccc(S(=O)(=O)N3CCOCC3)cc2)n1-c1ccc(F)cc1)Nc1nc2ccccc2s1. The van der Waals surface area contributed by atoms with E-state index in [9.17, 15) is 22.4 Å². The van der Waals surface area contributed by atoms with E-state index in [-0.39, 0.29) is 41.8 Å². The van der Waals surface area contributed by atoms with Crippen LogP contribution in [0, 0.1) is 5.82 Å². The molecule has 0 saturated carbocycles. The third-order valence-electron chi connectivity index (χ3n) is 6.79. The Kier molecular flexibility index (Phi) is 9.18. The third-order valence-corrected chi connectivity index (χ3v) is 10.6. The summed E-state index contributed by atoms with van der Waals surface area (Å²) in [6.07, 6.45) is 0. The molecule has 1 saturated heterocycles. The molecule has 0 unspecified atom stereocenters. The molecule has 232 valence electrons. The van der Waals surface area contributed by atoms with Gasteiger partial charge in [-0.2, -0.15) is 4.31 Å². The van der Waals surface area contributed by atoms with Crippen molar-refractivity contribution in [2.75, 3.05) is 37.4 Å². The van der Waals surface area contributed by atoms with E-state index in [4.69, 9.17) is 4.74 Å². The minimum absolute atomic E-state index is 0.00131. The highest BCUT2D eigenvalue weighted by molar-refractivity contribution is 7.99. The normalized spacial score (nSPS) is 14.0. The molecular weight excluding hydrogens is 642 g/mol. The van der Waals surface area contributed by atoms with Gasteiger partial charge in [-0.25, -0.2) is 17.8 Å². The van der Waals surface area contributed by atoms with Gasteiger partial charge < -0.3 is 15.4 Å². The summed E-state index contributed by atoms with van der Waals surface area (Å²) in [5, 5.41) is 14.9. The first-order valence-corrected chi connectivity index (χ1v) is 17.0. The Morgan fingerprint density at radius 3 is 2.44 bits per heavy atom. The zero-order chi connectivity index (χ0) is 31.4. The van der Waals surface area contributed by atoms with Gasteiger partial charge in [0.25, 0.3) is 5.91 Å². The Labute approximate surface area is 265 Å². The smallest absolute Gasteiger partial charge is 0.251 e. The topological polar surface area (TPSA) is 148 Å². The molecule has 5 aromatic rings. The number of nitrogens with zero attached hydrogens (tertiary/aromatic N) is 5. The van der Waals surface area contributed by atoms with Crippen molar-refractivity contribution in [3.8, 4) is 5.69 Å². The summed E-state index contributed by atoms with van der Waals surface area (Å²) in [4.78, 5) is 30.2. The number of amides is 2. The van der Waals surface area contributed by atoms with E-state index >= 15 is 0 Å². The fraction of sp³-hybridized carbons (Fsp3) is 0.207. The predicted octanol–water partition coefficient (Wildman–Crippen LogP) is 3.70. The Bertz CT molecular complexity index is 1910. The number of carbonyl (C=O) groups is 2. The van der Waals surface area contributed by atoms with Crippen molar-refractivity contribution in [1.29, 1.82) is 0 Å². The van der Waals surface area contributed by atoms with Gasteiger partial charge in [0, 0.05) is 24.3 Å². The third kappa shape index (κ3) is 7.04. The van der Waals surface area contributed by atoms with Crippen molar-refractivity contribution in [3.63, 3.8) is 0 Å². The number of thiazole rings is 1. The summed E-state index contributed by atoms with van der Waals surface area (Å²) in [5.41, 5.74) is 1.59. The molecule has 6 rings (SSSR count). The molecule has 45 heavy (non-hydrogen) atoms. The maximum atomic E-state index is 13.7. The second-order valence-corrected chi connectivity index (χ2v) is 13.7. The van der Waals surface area contributed by atoms with Crippen molar-refractivity contribution in [2.45, 2.75) is 16.6 Å². The number of sulfonamides is 1. The zero-order valence-corrected chi connectivity index (χ0v) is 26.0. The average molecular weight is 668 g/mol. The molecule has 1 aliphatic heterocycles. The van der Waals surface area contributed by atoms with Crippen molar-refractivity contribution < 1.29 is 27.1 Å². The van der Waals surface area contributed by atoms with Crippen LogP contribution in [0.25, 0.3) is 15.9 Å². The zero-order valence-electron chi connectivity index (χ0n) is 23.6. The molecule has 0 atom stereocenters. The number of fused-ring (bicyclic) bond motifs is 1. The number of ether oxygens (including phenoxy) is 1. The van der Waals surface area contributed by atoms with Gasteiger partial charge in [0.2, 0.25) is 15.9 Å². The van der Waals surface area contributed by atoms with Gasteiger partial charge in [-0.15, -0.1) is 10.2 Å². The number of nitrogens with one attached hydrogen (secondary N) is 2. The Balaban J connectivity index is 1.13. The van der Waals surface area contributed by atoms with Crippen molar-refractivity contribution in [3.05, 3.63) is 90.0 Å². The molecular formula is C29H26FN7O5S3. The molecule has 1 aliphatic rings. The number of rotatable bonds is 10. The van der Waals surface area contributed by atoms with Crippen LogP contribution in [0.4, 0.5) is 9.52 Å². The minimum atomic E-state index is -3.69. The van der Waals surface area contributed by atoms with Crippen molar-refractivity contribution >= 4 is 60.3 Å². The van der Waals surface area contributed by atoms with Crippen LogP contribution in [-0.2, 0) is 26.1 Å².